The highest BCUT2D eigenvalue weighted by Gasteiger charge is 2.09. The molecule has 0 unspecified atom stereocenters. The maximum atomic E-state index is 7.60. The molecule has 0 aliphatic carbocycles. The molecular formula is C14H14ClN3S. The number of rotatable bonds is 3. The molecule has 0 spiro atoms. The molecule has 0 saturated carbocycles. The van der Waals surface area contributed by atoms with E-state index >= 15 is 0 Å². The van der Waals surface area contributed by atoms with Crippen molar-refractivity contribution in [2.75, 3.05) is 0 Å². The van der Waals surface area contributed by atoms with Gasteiger partial charge in [0.15, 0.2) is 0 Å². The fraction of sp³-hybridized carbons (Fsp3) is 0.143. The summed E-state index contributed by atoms with van der Waals surface area (Å²) in [5, 5.41) is 9.10. The number of nitrogens with zero attached hydrogens (tertiary/aromatic N) is 1. The zero-order chi connectivity index (χ0) is 14.0. The van der Waals surface area contributed by atoms with Crippen LogP contribution in [-0.4, -0.2) is 10.8 Å². The summed E-state index contributed by atoms with van der Waals surface area (Å²) in [5.41, 5.74) is 8.38. The number of nitrogen functional groups attached to an aromatic ring is 1. The second kappa shape index (κ2) is 5.63. The first kappa shape index (κ1) is 13.9. The summed E-state index contributed by atoms with van der Waals surface area (Å²) in [4.78, 5) is 5.31. The van der Waals surface area contributed by atoms with Crippen molar-refractivity contribution in [2.45, 2.75) is 23.8 Å². The first-order chi connectivity index (χ1) is 8.95. The Hall–Kier alpha value is -1.52. The number of amidine groups is 1. The van der Waals surface area contributed by atoms with Gasteiger partial charge in [0, 0.05) is 21.2 Å². The average Bonchev–Trinajstić information content (AvgIpc) is 2.26. The molecule has 0 saturated heterocycles. The largest absolute Gasteiger partial charge is 0.384 e. The normalized spacial score (nSPS) is 10.5. The number of hydrogen-bond acceptors (Lipinski definition) is 3. The molecule has 19 heavy (non-hydrogen) atoms. The van der Waals surface area contributed by atoms with E-state index in [-0.39, 0.29) is 5.84 Å². The van der Waals surface area contributed by atoms with Crippen molar-refractivity contribution in [3.63, 3.8) is 0 Å². The third kappa shape index (κ3) is 3.49. The quantitative estimate of drug-likeness (QED) is 0.668. The van der Waals surface area contributed by atoms with Crippen molar-refractivity contribution < 1.29 is 0 Å². The van der Waals surface area contributed by atoms with E-state index in [1.807, 2.05) is 32.0 Å². The molecule has 0 fully saturated rings. The lowest BCUT2D eigenvalue weighted by atomic mass is 10.2. The molecule has 0 atom stereocenters. The van der Waals surface area contributed by atoms with Gasteiger partial charge < -0.3 is 5.73 Å². The number of halogens is 1. The van der Waals surface area contributed by atoms with Crippen LogP contribution in [0.25, 0.3) is 0 Å². The van der Waals surface area contributed by atoms with Crippen LogP contribution in [-0.2, 0) is 0 Å². The third-order valence-corrected chi connectivity index (χ3v) is 3.73. The smallest absolute Gasteiger partial charge is 0.123 e. The molecule has 0 aliphatic heterocycles. The second-order valence-corrected chi connectivity index (χ2v) is 5.78. The number of hydrogen-bond donors (Lipinski definition) is 2. The monoisotopic (exact) mass is 291 g/mol. The number of aryl methyl sites for hydroxylation is 2. The number of benzene rings is 1. The van der Waals surface area contributed by atoms with Crippen molar-refractivity contribution in [1.29, 1.82) is 5.41 Å². The number of nitrogens with two attached hydrogens (primary N) is 1. The summed E-state index contributed by atoms with van der Waals surface area (Å²) in [6, 6.07) is 9.33. The highest BCUT2D eigenvalue weighted by atomic mass is 35.5. The van der Waals surface area contributed by atoms with Gasteiger partial charge in [0.25, 0.3) is 0 Å². The van der Waals surface area contributed by atoms with Crippen LogP contribution in [0.1, 0.15) is 16.8 Å². The maximum Gasteiger partial charge on any atom is 0.123 e. The van der Waals surface area contributed by atoms with Crippen molar-refractivity contribution in [2.24, 2.45) is 5.73 Å². The molecule has 0 bridgehead atoms. The van der Waals surface area contributed by atoms with Crippen LogP contribution in [0.4, 0.5) is 0 Å². The van der Waals surface area contributed by atoms with Gasteiger partial charge in [-0.1, -0.05) is 23.4 Å². The minimum absolute atomic E-state index is 0.0311. The summed E-state index contributed by atoms with van der Waals surface area (Å²) in [5.74, 6) is 0.0311. The predicted octanol–water partition coefficient (Wildman–Crippen LogP) is 3.79. The zero-order valence-electron chi connectivity index (χ0n) is 10.7. The van der Waals surface area contributed by atoms with Crippen LogP contribution in [0.15, 0.2) is 40.3 Å². The fourth-order valence-corrected chi connectivity index (χ4v) is 3.14. The van der Waals surface area contributed by atoms with E-state index < -0.39 is 0 Å². The van der Waals surface area contributed by atoms with Gasteiger partial charge >= 0.3 is 0 Å². The van der Waals surface area contributed by atoms with Gasteiger partial charge in [0.2, 0.25) is 0 Å². The topological polar surface area (TPSA) is 62.8 Å². The molecular weight excluding hydrogens is 278 g/mol. The van der Waals surface area contributed by atoms with Crippen LogP contribution in [0.3, 0.4) is 0 Å². The van der Waals surface area contributed by atoms with E-state index in [1.165, 1.54) is 11.8 Å². The standard InChI is InChI=1S/C14H14ClN3S/c1-8-5-9(2)18-13(6-8)19-12-7-10(15)3-4-11(12)14(16)17/h3-7H,1-2H3,(H3,16,17). The molecule has 3 N–H and O–H groups in total. The number of pyridine rings is 1. The predicted molar refractivity (Wildman–Crippen MR) is 80.3 cm³/mol. The summed E-state index contributed by atoms with van der Waals surface area (Å²) in [6.07, 6.45) is 0. The molecule has 3 nitrogen and oxygen atoms in total. The molecule has 2 rings (SSSR count). The van der Waals surface area contributed by atoms with Gasteiger partial charge in [-0.15, -0.1) is 0 Å². The van der Waals surface area contributed by atoms with E-state index in [0.717, 1.165) is 21.2 Å². The van der Waals surface area contributed by atoms with Gasteiger partial charge in [-0.05, 0) is 49.7 Å². The summed E-state index contributed by atoms with van der Waals surface area (Å²) in [7, 11) is 0. The van der Waals surface area contributed by atoms with Gasteiger partial charge in [0.05, 0.1) is 0 Å². The number of aromatic nitrogens is 1. The molecule has 0 amide bonds. The Morgan fingerprint density at radius 3 is 2.63 bits per heavy atom. The minimum atomic E-state index is 0.0311. The van der Waals surface area contributed by atoms with Crippen LogP contribution in [0.5, 0.6) is 0 Å². The van der Waals surface area contributed by atoms with Gasteiger partial charge in [-0.25, -0.2) is 4.98 Å². The number of nitrogens with one attached hydrogen (secondary N) is 1. The summed E-state index contributed by atoms with van der Waals surface area (Å²) in [6.45, 7) is 3.99. The molecule has 1 heterocycles. The first-order valence-electron chi connectivity index (χ1n) is 5.73. The molecule has 2 aromatic rings. The lowest BCUT2D eigenvalue weighted by Crippen LogP contribution is -2.12. The van der Waals surface area contributed by atoms with Crippen LogP contribution in [0, 0.1) is 19.3 Å². The van der Waals surface area contributed by atoms with E-state index in [1.54, 1.807) is 12.1 Å². The van der Waals surface area contributed by atoms with Crippen LogP contribution in [0.2, 0.25) is 5.02 Å². The first-order valence-corrected chi connectivity index (χ1v) is 6.92. The Labute approximate surface area is 121 Å². The van der Waals surface area contributed by atoms with E-state index in [2.05, 4.69) is 4.98 Å². The highest BCUT2D eigenvalue weighted by Crippen LogP contribution is 2.31. The van der Waals surface area contributed by atoms with Crippen molar-refractivity contribution >= 4 is 29.2 Å². The lowest BCUT2D eigenvalue weighted by molar-refractivity contribution is 1.05. The third-order valence-electron chi connectivity index (χ3n) is 2.52. The van der Waals surface area contributed by atoms with Crippen molar-refractivity contribution in [3.8, 4) is 0 Å². The molecule has 0 radical (unpaired) electrons. The minimum Gasteiger partial charge on any atom is -0.384 e. The molecule has 0 aliphatic rings. The summed E-state index contributed by atoms with van der Waals surface area (Å²) >= 11 is 7.47. The molecule has 98 valence electrons. The Bertz CT molecular complexity index is 620. The Kier molecular flexibility index (Phi) is 4.12. The van der Waals surface area contributed by atoms with E-state index in [0.29, 0.717) is 10.6 Å². The SMILES string of the molecule is Cc1cc(C)nc(Sc2cc(Cl)ccc2C(=N)N)c1. The van der Waals surface area contributed by atoms with Crippen LogP contribution >= 0.6 is 23.4 Å². The molecule has 1 aromatic carbocycles. The highest BCUT2D eigenvalue weighted by molar-refractivity contribution is 7.99. The lowest BCUT2D eigenvalue weighted by Gasteiger charge is -2.09. The zero-order valence-corrected chi connectivity index (χ0v) is 12.3. The van der Waals surface area contributed by atoms with Crippen molar-refractivity contribution in [3.05, 3.63) is 52.2 Å². The maximum absolute atomic E-state index is 7.60. The Balaban J connectivity index is 2.42. The van der Waals surface area contributed by atoms with E-state index in [4.69, 9.17) is 22.7 Å². The molecule has 5 heteroatoms. The van der Waals surface area contributed by atoms with Crippen molar-refractivity contribution in [1.82, 2.24) is 4.98 Å². The van der Waals surface area contributed by atoms with Crippen LogP contribution < -0.4 is 5.73 Å². The van der Waals surface area contributed by atoms with Gasteiger partial charge in [0.1, 0.15) is 10.9 Å². The van der Waals surface area contributed by atoms with Gasteiger partial charge in [-0.2, -0.15) is 0 Å². The molecule has 1 aromatic heterocycles. The Morgan fingerprint density at radius 2 is 2.00 bits per heavy atom. The Morgan fingerprint density at radius 1 is 1.26 bits per heavy atom. The summed E-state index contributed by atoms with van der Waals surface area (Å²) < 4.78 is 0. The second-order valence-electron chi connectivity index (χ2n) is 4.28. The fourth-order valence-electron chi connectivity index (χ4n) is 1.77. The van der Waals surface area contributed by atoms with E-state index in [9.17, 15) is 0 Å². The van der Waals surface area contributed by atoms with Gasteiger partial charge in [-0.3, -0.25) is 5.41 Å². The average molecular weight is 292 g/mol.